The molecule has 3 aromatic rings. The minimum atomic E-state index is -1.47. The average molecular weight is 505 g/mol. The second-order valence-electron chi connectivity index (χ2n) is 9.05. The average Bonchev–Trinajstić information content (AvgIpc) is 3.14. The number of hydrogen-bond donors (Lipinski definition) is 5. The monoisotopic (exact) mass is 504 g/mol. The summed E-state index contributed by atoms with van der Waals surface area (Å²) < 4.78 is 8.34. The highest BCUT2D eigenvalue weighted by Crippen LogP contribution is 2.34. The van der Waals surface area contributed by atoms with Crippen molar-refractivity contribution in [1.82, 2.24) is 9.13 Å². The van der Waals surface area contributed by atoms with Crippen LogP contribution in [0, 0.1) is 0 Å². The predicted octanol–water partition coefficient (Wildman–Crippen LogP) is 1.68. The Balaban J connectivity index is 1.58. The number of ether oxygens (including phenoxy) is 1. The minimum Gasteiger partial charge on any atom is -0.493 e. The second kappa shape index (κ2) is 10.1. The van der Waals surface area contributed by atoms with E-state index in [0.717, 1.165) is 11.1 Å². The molecule has 1 saturated heterocycles. The third-order valence-electron chi connectivity index (χ3n) is 6.33. The van der Waals surface area contributed by atoms with Crippen LogP contribution in [0.3, 0.4) is 0 Å². The van der Waals surface area contributed by atoms with Crippen molar-refractivity contribution < 1.29 is 30.3 Å². The van der Waals surface area contributed by atoms with E-state index in [1.807, 2.05) is 26.0 Å². The van der Waals surface area contributed by atoms with E-state index in [9.17, 15) is 30.3 Å². The van der Waals surface area contributed by atoms with Gasteiger partial charge in [0.25, 0.3) is 0 Å². The Labute approximate surface area is 207 Å². The van der Waals surface area contributed by atoms with Crippen molar-refractivity contribution in [2.45, 2.75) is 56.8 Å². The Kier molecular flexibility index (Phi) is 7.37. The SMILES string of the molecule is CC(C)n1cc(O)n(-c2ccc(Cc3cc(C4OC(CO)C(O)C(O)C4O)ccc3Cl)cc2)c1=O. The van der Waals surface area contributed by atoms with E-state index in [2.05, 4.69) is 0 Å². The van der Waals surface area contributed by atoms with Gasteiger partial charge in [0.2, 0.25) is 5.88 Å². The summed E-state index contributed by atoms with van der Waals surface area (Å²) in [4.78, 5) is 12.6. The van der Waals surface area contributed by atoms with Gasteiger partial charge in [0.15, 0.2) is 0 Å². The van der Waals surface area contributed by atoms with Crippen LogP contribution in [0.2, 0.25) is 5.02 Å². The van der Waals surface area contributed by atoms with E-state index >= 15 is 0 Å². The van der Waals surface area contributed by atoms with Gasteiger partial charge in [-0.3, -0.25) is 4.57 Å². The highest BCUT2D eigenvalue weighted by Gasteiger charge is 2.44. The lowest BCUT2D eigenvalue weighted by Crippen LogP contribution is -2.55. The maximum atomic E-state index is 12.6. The number of halogens is 1. The number of aliphatic hydroxyl groups is 4. The van der Waals surface area contributed by atoms with E-state index in [1.165, 1.54) is 15.3 Å². The fourth-order valence-electron chi connectivity index (χ4n) is 4.33. The van der Waals surface area contributed by atoms with Gasteiger partial charge in [0.1, 0.15) is 30.5 Å². The molecule has 2 heterocycles. The standard InChI is InChI=1S/C25H29ClN2O7/c1-13(2)27-11-20(30)28(25(27)34)17-6-3-14(4-7-17)9-16-10-15(5-8-18(16)26)24-23(33)22(32)21(31)19(12-29)35-24/h3-8,10-11,13,19,21-24,29-33H,9,12H2,1-2H3. The van der Waals surface area contributed by atoms with Crippen LogP contribution in [-0.2, 0) is 11.2 Å². The minimum absolute atomic E-state index is 0.0907. The quantitative estimate of drug-likeness (QED) is 0.344. The molecule has 4 rings (SSSR count). The number of nitrogens with zero attached hydrogens (tertiary/aromatic N) is 2. The summed E-state index contributed by atoms with van der Waals surface area (Å²) in [5.74, 6) is -0.147. The maximum absolute atomic E-state index is 12.6. The van der Waals surface area contributed by atoms with Gasteiger partial charge in [-0.15, -0.1) is 0 Å². The van der Waals surface area contributed by atoms with Crippen LogP contribution in [-0.4, -0.2) is 65.7 Å². The molecular formula is C25H29ClN2O7. The summed E-state index contributed by atoms with van der Waals surface area (Å²) in [6, 6.07) is 12.1. The molecule has 0 radical (unpaired) electrons. The Bertz CT molecular complexity index is 1240. The van der Waals surface area contributed by atoms with E-state index in [0.29, 0.717) is 22.7 Å². The molecule has 0 aliphatic carbocycles. The zero-order chi connectivity index (χ0) is 25.4. The Morgan fingerprint density at radius 2 is 1.71 bits per heavy atom. The molecule has 5 atom stereocenters. The van der Waals surface area contributed by atoms with Gasteiger partial charge in [-0.1, -0.05) is 35.9 Å². The number of aliphatic hydroxyl groups excluding tert-OH is 4. The van der Waals surface area contributed by atoms with Gasteiger partial charge in [-0.2, -0.15) is 0 Å². The summed E-state index contributed by atoms with van der Waals surface area (Å²) in [5, 5.41) is 50.8. The summed E-state index contributed by atoms with van der Waals surface area (Å²) in [6.07, 6.45) is -4.41. The molecule has 1 aromatic heterocycles. The normalized spacial score (nSPS) is 24.7. The van der Waals surface area contributed by atoms with E-state index in [4.69, 9.17) is 16.3 Å². The third-order valence-corrected chi connectivity index (χ3v) is 6.70. The molecule has 1 aliphatic heterocycles. The van der Waals surface area contributed by atoms with E-state index < -0.39 is 37.1 Å². The van der Waals surface area contributed by atoms with Crippen LogP contribution in [0.1, 0.15) is 42.7 Å². The van der Waals surface area contributed by atoms with Gasteiger partial charge in [0.05, 0.1) is 18.5 Å². The first-order chi connectivity index (χ1) is 16.6. The molecule has 0 spiro atoms. The summed E-state index contributed by atoms with van der Waals surface area (Å²) in [5.41, 5.74) is 2.36. The second-order valence-corrected chi connectivity index (χ2v) is 9.46. The lowest BCUT2D eigenvalue weighted by atomic mass is 9.90. The molecule has 10 heteroatoms. The fourth-order valence-corrected chi connectivity index (χ4v) is 4.51. The first-order valence-corrected chi connectivity index (χ1v) is 11.7. The summed E-state index contributed by atoms with van der Waals surface area (Å²) in [7, 11) is 0. The lowest BCUT2D eigenvalue weighted by Gasteiger charge is -2.40. The predicted molar refractivity (Wildman–Crippen MR) is 129 cm³/mol. The molecule has 5 N–H and O–H groups in total. The molecule has 1 fully saturated rings. The number of benzene rings is 2. The van der Waals surface area contributed by atoms with Gasteiger partial charge < -0.3 is 30.3 Å². The highest BCUT2D eigenvalue weighted by atomic mass is 35.5. The van der Waals surface area contributed by atoms with Gasteiger partial charge in [-0.05, 0) is 55.2 Å². The molecule has 2 aromatic carbocycles. The molecule has 0 amide bonds. The zero-order valence-corrected chi connectivity index (χ0v) is 20.1. The number of aromatic hydroxyl groups is 1. The number of aromatic nitrogens is 2. The molecule has 5 unspecified atom stereocenters. The van der Waals surface area contributed by atoms with E-state index in [-0.39, 0.29) is 17.6 Å². The lowest BCUT2D eigenvalue weighted by molar-refractivity contribution is -0.231. The smallest absolute Gasteiger partial charge is 0.335 e. The molecular weight excluding hydrogens is 476 g/mol. The highest BCUT2D eigenvalue weighted by molar-refractivity contribution is 6.31. The van der Waals surface area contributed by atoms with Crippen molar-refractivity contribution in [2.24, 2.45) is 0 Å². The van der Waals surface area contributed by atoms with Crippen molar-refractivity contribution in [3.05, 3.63) is 80.9 Å². The van der Waals surface area contributed by atoms with Crippen molar-refractivity contribution in [2.75, 3.05) is 6.61 Å². The van der Waals surface area contributed by atoms with Crippen molar-refractivity contribution in [1.29, 1.82) is 0 Å². The van der Waals surface area contributed by atoms with Crippen LogP contribution in [0.5, 0.6) is 5.88 Å². The van der Waals surface area contributed by atoms with Crippen LogP contribution in [0.4, 0.5) is 0 Å². The Morgan fingerprint density at radius 3 is 2.31 bits per heavy atom. The van der Waals surface area contributed by atoms with E-state index in [1.54, 1.807) is 30.3 Å². The summed E-state index contributed by atoms with van der Waals surface area (Å²) in [6.45, 7) is 3.21. The molecule has 9 nitrogen and oxygen atoms in total. The van der Waals surface area contributed by atoms with Crippen LogP contribution >= 0.6 is 11.6 Å². The molecule has 35 heavy (non-hydrogen) atoms. The number of imidazole rings is 1. The summed E-state index contributed by atoms with van der Waals surface area (Å²) >= 11 is 6.42. The van der Waals surface area contributed by atoms with Gasteiger partial charge in [-0.25, -0.2) is 9.36 Å². The van der Waals surface area contributed by atoms with Crippen LogP contribution < -0.4 is 5.69 Å². The largest absolute Gasteiger partial charge is 0.493 e. The fraction of sp³-hybridized carbons (Fsp3) is 0.400. The Morgan fingerprint density at radius 1 is 1.03 bits per heavy atom. The number of hydrogen-bond acceptors (Lipinski definition) is 7. The first-order valence-electron chi connectivity index (χ1n) is 11.3. The topological polar surface area (TPSA) is 137 Å². The molecule has 188 valence electrons. The van der Waals surface area contributed by atoms with Gasteiger partial charge in [0, 0.05) is 11.1 Å². The molecule has 0 bridgehead atoms. The van der Waals surface area contributed by atoms with Gasteiger partial charge >= 0.3 is 5.69 Å². The maximum Gasteiger partial charge on any atom is 0.335 e. The molecule has 1 aliphatic rings. The van der Waals surface area contributed by atoms with Crippen LogP contribution in [0.15, 0.2) is 53.5 Å². The third kappa shape index (κ3) is 4.88. The van der Waals surface area contributed by atoms with Crippen molar-refractivity contribution >= 4 is 11.6 Å². The van der Waals surface area contributed by atoms with Crippen LogP contribution in [0.25, 0.3) is 5.69 Å². The van der Waals surface area contributed by atoms with Crippen molar-refractivity contribution in [3.8, 4) is 11.6 Å². The Hall–Kier alpha value is -2.66. The van der Waals surface area contributed by atoms with Crippen molar-refractivity contribution in [3.63, 3.8) is 0 Å². The first kappa shape index (κ1) is 25.4. The number of rotatable bonds is 6. The zero-order valence-electron chi connectivity index (χ0n) is 19.3. The molecule has 0 saturated carbocycles.